The van der Waals surface area contributed by atoms with Crippen LogP contribution in [-0.2, 0) is 14.8 Å². The second-order valence-corrected chi connectivity index (χ2v) is 9.55. The van der Waals surface area contributed by atoms with Crippen LogP contribution in [0.5, 0.6) is 5.75 Å². The summed E-state index contributed by atoms with van der Waals surface area (Å²) in [5.74, 6) is 0.358. The van der Waals surface area contributed by atoms with E-state index in [2.05, 4.69) is 5.32 Å². The lowest BCUT2D eigenvalue weighted by Gasteiger charge is -2.25. The number of nitrogens with one attached hydrogen (secondary N) is 1. The van der Waals surface area contributed by atoms with E-state index >= 15 is 0 Å². The standard InChI is InChI=1S/C25H28N2O4S/c1-18-5-8-21(9-6-18)26-25(28)15-16-27(22-10-12-23(31-4)13-11-22)32(29,30)24-14-7-19(2)20(3)17-24/h5-14,17H,15-16H2,1-4H3,(H,26,28). The van der Waals surface area contributed by atoms with Crippen LogP contribution in [0.2, 0.25) is 0 Å². The molecule has 3 aromatic carbocycles. The Morgan fingerprint density at radius 3 is 2.16 bits per heavy atom. The third kappa shape index (κ3) is 5.48. The van der Waals surface area contributed by atoms with Crippen molar-refractivity contribution in [3.63, 3.8) is 0 Å². The van der Waals surface area contributed by atoms with E-state index in [4.69, 9.17) is 4.74 Å². The van der Waals surface area contributed by atoms with Crippen molar-refractivity contribution in [2.45, 2.75) is 32.1 Å². The van der Waals surface area contributed by atoms with Crippen molar-refractivity contribution in [2.24, 2.45) is 0 Å². The van der Waals surface area contributed by atoms with Crippen LogP contribution in [0.4, 0.5) is 11.4 Å². The Morgan fingerprint density at radius 1 is 0.906 bits per heavy atom. The topological polar surface area (TPSA) is 75.7 Å². The average Bonchev–Trinajstić information content (AvgIpc) is 2.77. The summed E-state index contributed by atoms with van der Waals surface area (Å²) >= 11 is 0. The van der Waals surface area contributed by atoms with Gasteiger partial charge in [0.15, 0.2) is 0 Å². The smallest absolute Gasteiger partial charge is 0.264 e. The van der Waals surface area contributed by atoms with Crippen molar-refractivity contribution >= 4 is 27.3 Å². The number of nitrogens with zero attached hydrogens (tertiary/aromatic N) is 1. The molecule has 6 nitrogen and oxygen atoms in total. The first-order valence-corrected chi connectivity index (χ1v) is 11.8. The Labute approximate surface area is 189 Å². The van der Waals surface area contributed by atoms with E-state index < -0.39 is 10.0 Å². The second-order valence-electron chi connectivity index (χ2n) is 7.69. The molecular weight excluding hydrogens is 424 g/mol. The van der Waals surface area contributed by atoms with Gasteiger partial charge in [0.25, 0.3) is 10.0 Å². The summed E-state index contributed by atoms with van der Waals surface area (Å²) < 4.78 is 33.5. The van der Waals surface area contributed by atoms with Crippen LogP contribution in [0.3, 0.4) is 0 Å². The maximum absolute atomic E-state index is 13.5. The zero-order valence-corrected chi connectivity index (χ0v) is 19.6. The lowest BCUT2D eigenvalue weighted by atomic mass is 10.1. The number of carbonyl (C=O) groups excluding carboxylic acids is 1. The normalized spacial score (nSPS) is 11.1. The SMILES string of the molecule is COc1ccc(N(CCC(=O)Nc2ccc(C)cc2)S(=O)(=O)c2ccc(C)c(C)c2)cc1. The zero-order chi connectivity index (χ0) is 23.3. The summed E-state index contributed by atoms with van der Waals surface area (Å²) in [6.07, 6.45) is 0.00395. The number of amides is 1. The molecule has 32 heavy (non-hydrogen) atoms. The highest BCUT2D eigenvalue weighted by Crippen LogP contribution is 2.27. The molecule has 0 bridgehead atoms. The molecule has 0 heterocycles. The molecule has 0 radical (unpaired) electrons. The summed E-state index contributed by atoms with van der Waals surface area (Å²) in [5.41, 5.74) is 4.13. The fraction of sp³-hybridized carbons (Fsp3) is 0.240. The summed E-state index contributed by atoms with van der Waals surface area (Å²) in [5, 5.41) is 2.82. The molecule has 0 atom stereocenters. The summed E-state index contributed by atoms with van der Waals surface area (Å²) in [6, 6.07) is 19.3. The van der Waals surface area contributed by atoms with E-state index in [1.54, 1.807) is 49.6 Å². The highest BCUT2D eigenvalue weighted by molar-refractivity contribution is 7.92. The molecule has 3 rings (SSSR count). The van der Waals surface area contributed by atoms with E-state index in [1.807, 2.05) is 45.0 Å². The minimum absolute atomic E-state index is 0.000713. The molecule has 0 saturated heterocycles. The number of rotatable bonds is 8. The first kappa shape index (κ1) is 23.3. The van der Waals surface area contributed by atoms with Gasteiger partial charge in [0, 0.05) is 18.7 Å². The van der Waals surface area contributed by atoms with Crippen LogP contribution in [0.1, 0.15) is 23.1 Å². The lowest BCUT2D eigenvalue weighted by Crippen LogP contribution is -2.34. The lowest BCUT2D eigenvalue weighted by molar-refractivity contribution is -0.116. The predicted octanol–water partition coefficient (Wildman–Crippen LogP) is 4.84. The maximum atomic E-state index is 13.5. The van der Waals surface area contributed by atoms with Gasteiger partial charge >= 0.3 is 0 Å². The number of sulfonamides is 1. The van der Waals surface area contributed by atoms with E-state index in [1.165, 1.54) is 4.31 Å². The Balaban J connectivity index is 1.87. The molecule has 0 spiro atoms. The molecule has 0 aliphatic rings. The van der Waals surface area contributed by atoms with Gasteiger partial charge in [-0.15, -0.1) is 0 Å². The second kappa shape index (κ2) is 9.87. The van der Waals surface area contributed by atoms with Gasteiger partial charge in [0.1, 0.15) is 5.75 Å². The number of hydrogen-bond acceptors (Lipinski definition) is 4. The number of aryl methyl sites for hydroxylation is 3. The monoisotopic (exact) mass is 452 g/mol. The van der Waals surface area contributed by atoms with Crippen molar-refractivity contribution in [1.82, 2.24) is 0 Å². The molecule has 168 valence electrons. The third-order valence-electron chi connectivity index (χ3n) is 5.30. The number of methoxy groups -OCH3 is 1. The highest BCUT2D eigenvalue weighted by atomic mass is 32.2. The van der Waals surface area contributed by atoms with Crippen LogP contribution in [-0.4, -0.2) is 28.0 Å². The molecule has 1 amide bonds. The number of carbonyl (C=O) groups is 1. The summed E-state index contributed by atoms with van der Waals surface area (Å²) in [7, 11) is -2.32. The Hall–Kier alpha value is -3.32. The molecule has 0 aromatic heterocycles. The molecule has 3 aromatic rings. The van der Waals surface area contributed by atoms with Gasteiger partial charge < -0.3 is 10.1 Å². The molecule has 0 saturated carbocycles. The predicted molar refractivity (Wildman–Crippen MR) is 128 cm³/mol. The van der Waals surface area contributed by atoms with Crippen molar-refractivity contribution < 1.29 is 17.9 Å². The van der Waals surface area contributed by atoms with E-state index in [0.29, 0.717) is 17.1 Å². The fourth-order valence-electron chi connectivity index (χ4n) is 3.20. The Kier molecular flexibility index (Phi) is 7.20. The van der Waals surface area contributed by atoms with Gasteiger partial charge in [0.2, 0.25) is 5.91 Å². The quantitative estimate of drug-likeness (QED) is 0.530. The van der Waals surface area contributed by atoms with Crippen molar-refractivity contribution in [1.29, 1.82) is 0 Å². The van der Waals surface area contributed by atoms with Crippen molar-refractivity contribution in [3.8, 4) is 5.75 Å². The number of ether oxygens (including phenoxy) is 1. The van der Waals surface area contributed by atoms with Crippen molar-refractivity contribution in [2.75, 3.05) is 23.3 Å². The van der Waals surface area contributed by atoms with Crippen molar-refractivity contribution in [3.05, 3.63) is 83.4 Å². The number of anilines is 2. The van der Waals surface area contributed by atoms with E-state index in [0.717, 1.165) is 16.7 Å². The van der Waals surface area contributed by atoms with E-state index in [-0.39, 0.29) is 23.8 Å². The molecule has 0 aliphatic carbocycles. The maximum Gasteiger partial charge on any atom is 0.264 e. The number of benzene rings is 3. The zero-order valence-electron chi connectivity index (χ0n) is 18.8. The average molecular weight is 453 g/mol. The van der Waals surface area contributed by atoms with Gasteiger partial charge in [-0.3, -0.25) is 9.10 Å². The molecular formula is C25H28N2O4S. The fourth-order valence-corrected chi connectivity index (χ4v) is 4.75. The number of hydrogen-bond donors (Lipinski definition) is 1. The summed E-state index contributed by atoms with van der Waals surface area (Å²) in [4.78, 5) is 12.7. The minimum atomic E-state index is -3.87. The summed E-state index contributed by atoms with van der Waals surface area (Å²) in [6.45, 7) is 5.78. The minimum Gasteiger partial charge on any atom is -0.497 e. The van der Waals surface area contributed by atoms with Gasteiger partial charge in [-0.1, -0.05) is 23.8 Å². The van der Waals surface area contributed by atoms with Gasteiger partial charge in [-0.05, 0) is 80.4 Å². The van der Waals surface area contributed by atoms with Crippen LogP contribution in [0, 0.1) is 20.8 Å². The Bertz CT molecular complexity index is 1190. The Morgan fingerprint density at radius 2 is 1.56 bits per heavy atom. The molecule has 0 aliphatic heterocycles. The molecule has 1 N–H and O–H groups in total. The van der Waals surface area contributed by atoms with Crippen LogP contribution >= 0.6 is 0 Å². The van der Waals surface area contributed by atoms with Gasteiger partial charge in [-0.25, -0.2) is 8.42 Å². The first-order valence-electron chi connectivity index (χ1n) is 10.3. The van der Waals surface area contributed by atoms with Gasteiger partial charge in [-0.2, -0.15) is 0 Å². The third-order valence-corrected chi connectivity index (χ3v) is 7.13. The van der Waals surface area contributed by atoms with Crippen LogP contribution < -0.4 is 14.4 Å². The molecule has 0 unspecified atom stereocenters. The highest BCUT2D eigenvalue weighted by Gasteiger charge is 2.26. The first-order chi connectivity index (χ1) is 15.2. The van der Waals surface area contributed by atoms with E-state index in [9.17, 15) is 13.2 Å². The molecule has 7 heteroatoms. The molecule has 0 fully saturated rings. The van der Waals surface area contributed by atoms with Crippen LogP contribution in [0.25, 0.3) is 0 Å². The van der Waals surface area contributed by atoms with Gasteiger partial charge in [0.05, 0.1) is 17.7 Å². The largest absolute Gasteiger partial charge is 0.497 e. The van der Waals surface area contributed by atoms with Crippen LogP contribution in [0.15, 0.2) is 71.6 Å².